The van der Waals surface area contributed by atoms with E-state index in [9.17, 15) is 4.79 Å². The molecule has 0 aliphatic carbocycles. The predicted octanol–water partition coefficient (Wildman–Crippen LogP) is 2.59. The Kier molecular flexibility index (Phi) is 4.07. The van der Waals surface area contributed by atoms with Gasteiger partial charge < -0.3 is 5.73 Å². The normalized spacial score (nSPS) is 11.4. The largest absolute Gasteiger partial charge is 0.330 e. The molecule has 4 rings (SSSR count). The van der Waals surface area contributed by atoms with Gasteiger partial charge in [-0.15, -0.1) is 0 Å². The van der Waals surface area contributed by atoms with E-state index in [-0.39, 0.29) is 5.56 Å². The standard InChI is InChI=1S/C20H20N4O/c21-12-6-11-19-22-24-17-10-5-4-9-16(17)13-18(24)20(25)23(19)14-15-7-2-1-3-8-15/h1-5,7-10,13H,6,11-12,14,21H2. The molecule has 4 aromatic rings. The Labute approximate surface area is 145 Å². The summed E-state index contributed by atoms with van der Waals surface area (Å²) in [5.74, 6) is 0.771. The third kappa shape index (κ3) is 2.83. The van der Waals surface area contributed by atoms with Crippen LogP contribution in [0.3, 0.4) is 0 Å². The zero-order chi connectivity index (χ0) is 17.2. The number of aryl methyl sites for hydroxylation is 1. The molecule has 0 bridgehead atoms. The highest BCUT2D eigenvalue weighted by Crippen LogP contribution is 2.17. The van der Waals surface area contributed by atoms with Crippen LogP contribution in [-0.4, -0.2) is 20.7 Å². The molecule has 2 aromatic carbocycles. The van der Waals surface area contributed by atoms with Crippen molar-refractivity contribution >= 4 is 16.4 Å². The number of para-hydroxylation sites is 1. The summed E-state index contributed by atoms with van der Waals surface area (Å²) in [7, 11) is 0. The van der Waals surface area contributed by atoms with Crippen LogP contribution < -0.4 is 11.3 Å². The van der Waals surface area contributed by atoms with Gasteiger partial charge in [-0.2, -0.15) is 5.10 Å². The quantitative estimate of drug-likeness (QED) is 0.611. The van der Waals surface area contributed by atoms with Crippen LogP contribution in [0.5, 0.6) is 0 Å². The molecule has 0 saturated heterocycles. The molecular weight excluding hydrogens is 312 g/mol. The van der Waals surface area contributed by atoms with Crippen molar-refractivity contribution in [2.45, 2.75) is 19.4 Å². The number of rotatable bonds is 5. The summed E-state index contributed by atoms with van der Waals surface area (Å²) in [6.45, 7) is 1.09. The molecule has 0 amide bonds. The van der Waals surface area contributed by atoms with E-state index in [1.54, 1.807) is 9.08 Å². The molecule has 25 heavy (non-hydrogen) atoms. The number of nitrogens with zero attached hydrogens (tertiary/aromatic N) is 3. The van der Waals surface area contributed by atoms with Gasteiger partial charge in [0, 0.05) is 11.8 Å². The fourth-order valence-electron chi connectivity index (χ4n) is 3.20. The Hall–Kier alpha value is -2.92. The Morgan fingerprint density at radius 1 is 0.960 bits per heavy atom. The topological polar surface area (TPSA) is 65.3 Å². The molecule has 126 valence electrons. The van der Waals surface area contributed by atoms with Gasteiger partial charge in [0.15, 0.2) is 0 Å². The molecule has 0 aliphatic rings. The highest BCUT2D eigenvalue weighted by Gasteiger charge is 2.14. The first-order valence-corrected chi connectivity index (χ1v) is 8.52. The van der Waals surface area contributed by atoms with Crippen LogP contribution in [-0.2, 0) is 13.0 Å². The first-order chi connectivity index (χ1) is 12.3. The molecule has 2 N–H and O–H groups in total. The van der Waals surface area contributed by atoms with Crippen LogP contribution >= 0.6 is 0 Å². The first kappa shape index (κ1) is 15.6. The van der Waals surface area contributed by atoms with Crippen molar-refractivity contribution in [1.29, 1.82) is 0 Å². The van der Waals surface area contributed by atoms with Crippen molar-refractivity contribution in [1.82, 2.24) is 14.2 Å². The highest BCUT2D eigenvalue weighted by atomic mass is 16.1. The average Bonchev–Trinajstić information content (AvgIpc) is 3.02. The SMILES string of the molecule is NCCCc1nn2c(cc3ccccc32)c(=O)n1Cc1ccccc1. The van der Waals surface area contributed by atoms with E-state index in [2.05, 4.69) is 0 Å². The van der Waals surface area contributed by atoms with Gasteiger partial charge in [0.1, 0.15) is 11.3 Å². The van der Waals surface area contributed by atoms with Crippen LogP contribution in [0.25, 0.3) is 16.4 Å². The second-order valence-corrected chi connectivity index (χ2v) is 6.19. The molecule has 0 spiro atoms. The summed E-state index contributed by atoms with van der Waals surface area (Å²) in [6, 6.07) is 19.8. The summed E-state index contributed by atoms with van der Waals surface area (Å²) in [4.78, 5) is 13.2. The van der Waals surface area contributed by atoms with Gasteiger partial charge in [0.25, 0.3) is 5.56 Å². The van der Waals surface area contributed by atoms with Gasteiger partial charge in [-0.25, -0.2) is 4.52 Å². The second-order valence-electron chi connectivity index (χ2n) is 6.19. The summed E-state index contributed by atoms with van der Waals surface area (Å²) in [5, 5.41) is 5.80. The Bertz CT molecular complexity index is 1080. The van der Waals surface area contributed by atoms with Gasteiger partial charge in [-0.1, -0.05) is 48.5 Å². The summed E-state index contributed by atoms with van der Waals surface area (Å²) in [5.41, 5.74) is 8.31. The molecular formula is C20H20N4O. The van der Waals surface area contributed by atoms with Gasteiger partial charge >= 0.3 is 0 Å². The Morgan fingerprint density at radius 2 is 1.72 bits per heavy atom. The van der Waals surface area contributed by atoms with Gasteiger partial charge in [-0.05, 0) is 30.7 Å². The lowest BCUT2D eigenvalue weighted by Gasteiger charge is -2.13. The van der Waals surface area contributed by atoms with Gasteiger partial charge in [0.2, 0.25) is 0 Å². The van der Waals surface area contributed by atoms with Crippen molar-refractivity contribution < 1.29 is 0 Å². The fraction of sp³-hybridized carbons (Fsp3) is 0.200. The van der Waals surface area contributed by atoms with E-state index < -0.39 is 0 Å². The maximum absolute atomic E-state index is 13.2. The minimum absolute atomic E-state index is 0.0120. The minimum Gasteiger partial charge on any atom is -0.330 e. The van der Waals surface area contributed by atoms with Crippen LogP contribution in [0, 0.1) is 0 Å². The van der Waals surface area contributed by atoms with Crippen molar-refractivity contribution in [3.8, 4) is 0 Å². The maximum Gasteiger partial charge on any atom is 0.278 e. The van der Waals surface area contributed by atoms with Crippen molar-refractivity contribution in [2.75, 3.05) is 6.54 Å². The van der Waals surface area contributed by atoms with Crippen molar-refractivity contribution in [3.05, 3.63) is 82.4 Å². The number of hydrogen-bond acceptors (Lipinski definition) is 3. The third-order valence-electron chi connectivity index (χ3n) is 4.46. The molecule has 2 aromatic heterocycles. The van der Waals surface area contributed by atoms with E-state index in [4.69, 9.17) is 10.8 Å². The number of nitrogens with two attached hydrogens (primary N) is 1. The Morgan fingerprint density at radius 3 is 2.52 bits per heavy atom. The molecule has 0 unspecified atom stereocenters. The van der Waals surface area contributed by atoms with E-state index in [0.717, 1.165) is 28.7 Å². The average molecular weight is 332 g/mol. The van der Waals surface area contributed by atoms with Crippen LogP contribution in [0.4, 0.5) is 0 Å². The lowest BCUT2D eigenvalue weighted by atomic mass is 10.2. The fourth-order valence-corrected chi connectivity index (χ4v) is 3.20. The molecule has 0 aliphatic heterocycles. The van der Waals surface area contributed by atoms with E-state index in [0.29, 0.717) is 25.0 Å². The molecule has 0 saturated carbocycles. The van der Waals surface area contributed by atoms with Crippen LogP contribution in [0.2, 0.25) is 0 Å². The zero-order valence-corrected chi connectivity index (χ0v) is 13.9. The maximum atomic E-state index is 13.2. The Balaban J connectivity index is 1.94. The molecule has 2 heterocycles. The lowest BCUT2D eigenvalue weighted by molar-refractivity contribution is 0.620. The summed E-state index contributed by atoms with van der Waals surface area (Å²) >= 11 is 0. The molecule has 0 radical (unpaired) electrons. The zero-order valence-electron chi connectivity index (χ0n) is 13.9. The highest BCUT2D eigenvalue weighted by molar-refractivity contribution is 5.86. The van der Waals surface area contributed by atoms with E-state index in [1.807, 2.05) is 60.7 Å². The number of aromatic nitrogens is 3. The summed E-state index contributed by atoms with van der Waals surface area (Å²) in [6.07, 6.45) is 1.48. The molecule has 5 nitrogen and oxygen atoms in total. The monoisotopic (exact) mass is 332 g/mol. The lowest BCUT2D eigenvalue weighted by Crippen LogP contribution is -2.28. The molecule has 0 fully saturated rings. The van der Waals surface area contributed by atoms with Crippen molar-refractivity contribution in [3.63, 3.8) is 0 Å². The van der Waals surface area contributed by atoms with E-state index in [1.165, 1.54) is 0 Å². The number of hydrogen-bond donors (Lipinski definition) is 1. The smallest absolute Gasteiger partial charge is 0.278 e. The predicted molar refractivity (Wildman–Crippen MR) is 99.9 cm³/mol. The van der Waals surface area contributed by atoms with E-state index >= 15 is 0 Å². The number of fused-ring (bicyclic) bond motifs is 3. The first-order valence-electron chi connectivity index (χ1n) is 8.52. The van der Waals surface area contributed by atoms with Crippen LogP contribution in [0.1, 0.15) is 17.8 Å². The van der Waals surface area contributed by atoms with Gasteiger partial charge in [-0.3, -0.25) is 9.36 Å². The van der Waals surface area contributed by atoms with Crippen LogP contribution in [0.15, 0.2) is 65.5 Å². The van der Waals surface area contributed by atoms with Gasteiger partial charge in [0.05, 0.1) is 12.1 Å². The van der Waals surface area contributed by atoms with Crippen molar-refractivity contribution in [2.24, 2.45) is 5.73 Å². The molecule has 5 heteroatoms. The molecule has 0 atom stereocenters. The third-order valence-corrected chi connectivity index (χ3v) is 4.46. The minimum atomic E-state index is -0.0120. The number of benzene rings is 2. The second kappa shape index (κ2) is 6.53. The summed E-state index contributed by atoms with van der Waals surface area (Å²) < 4.78 is 3.55.